The van der Waals surface area contributed by atoms with E-state index in [0.29, 0.717) is 19.4 Å². The van der Waals surface area contributed by atoms with E-state index in [1.165, 1.54) is 6.08 Å². The molecule has 3 heterocycles. The minimum atomic E-state index is -1.06. The molecular formula is C19H23N5O5. The Kier molecular flexibility index (Phi) is 5.70. The number of rotatable bonds is 7. The van der Waals surface area contributed by atoms with Gasteiger partial charge in [-0.2, -0.15) is 0 Å². The van der Waals surface area contributed by atoms with Crippen molar-refractivity contribution in [3.8, 4) is 0 Å². The van der Waals surface area contributed by atoms with Crippen LogP contribution in [0.5, 0.6) is 0 Å². The Morgan fingerprint density at radius 3 is 3.00 bits per heavy atom. The van der Waals surface area contributed by atoms with Crippen LogP contribution in [0.15, 0.2) is 47.7 Å². The smallest absolute Gasteiger partial charge is 0.248 e. The molecule has 3 aliphatic rings. The van der Waals surface area contributed by atoms with Gasteiger partial charge >= 0.3 is 0 Å². The lowest BCUT2D eigenvalue weighted by Gasteiger charge is -2.47. The highest BCUT2D eigenvalue weighted by Gasteiger charge is 2.56. The van der Waals surface area contributed by atoms with Gasteiger partial charge in [-0.1, -0.05) is 35.4 Å². The quantitative estimate of drug-likeness (QED) is 0.403. The van der Waals surface area contributed by atoms with Gasteiger partial charge in [0.25, 0.3) is 0 Å². The summed E-state index contributed by atoms with van der Waals surface area (Å²) >= 11 is 0. The zero-order valence-electron chi connectivity index (χ0n) is 15.8. The summed E-state index contributed by atoms with van der Waals surface area (Å²) in [6.45, 7) is 0.209. The number of hydrogen-bond acceptors (Lipinski definition) is 7. The average Bonchev–Trinajstić information content (AvgIpc) is 3.08. The van der Waals surface area contributed by atoms with E-state index in [0.717, 1.165) is 5.56 Å². The Labute approximate surface area is 167 Å². The second kappa shape index (κ2) is 8.40. The molecule has 0 saturated carbocycles. The molecule has 0 spiro atoms. The third-order valence-corrected chi connectivity index (χ3v) is 5.50. The minimum Gasteiger partial charge on any atom is -0.393 e. The lowest BCUT2D eigenvalue weighted by atomic mass is 9.86. The Morgan fingerprint density at radius 1 is 1.41 bits per heavy atom. The highest BCUT2D eigenvalue weighted by Crippen LogP contribution is 2.41. The van der Waals surface area contributed by atoms with Crippen LogP contribution in [0.2, 0.25) is 0 Å². The summed E-state index contributed by atoms with van der Waals surface area (Å²) in [5.74, 6) is -0.237. The molecule has 154 valence electrons. The summed E-state index contributed by atoms with van der Waals surface area (Å²) < 4.78 is 18.5. The molecule has 3 aliphatic heterocycles. The number of carbonyl (C=O) groups excluding carboxylic acids is 1. The largest absolute Gasteiger partial charge is 0.393 e. The van der Waals surface area contributed by atoms with Crippen molar-refractivity contribution in [3.05, 3.63) is 58.6 Å². The van der Waals surface area contributed by atoms with E-state index < -0.39 is 24.3 Å². The predicted molar refractivity (Wildman–Crippen MR) is 101 cm³/mol. The predicted octanol–water partition coefficient (Wildman–Crippen LogP) is 1.38. The normalized spacial score (nSPS) is 32.9. The van der Waals surface area contributed by atoms with Gasteiger partial charge in [0.2, 0.25) is 12.3 Å². The average molecular weight is 401 g/mol. The first-order valence-electron chi connectivity index (χ1n) is 9.52. The van der Waals surface area contributed by atoms with E-state index in [9.17, 15) is 9.90 Å². The van der Waals surface area contributed by atoms with Crippen molar-refractivity contribution < 1.29 is 24.1 Å². The first-order chi connectivity index (χ1) is 14.1. The zero-order valence-corrected chi connectivity index (χ0v) is 15.8. The Bertz CT molecular complexity index is 814. The van der Waals surface area contributed by atoms with Crippen LogP contribution in [0.4, 0.5) is 0 Å². The van der Waals surface area contributed by atoms with Crippen molar-refractivity contribution in [1.29, 1.82) is 0 Å². The van der Waals surface area contributed by atoms with Gasteiger partial charge in [0.1, 0.15) is 11.7 Å². The van der Waals surface area contributed by atoms with Gasteiger partial charge in [0, 0.05) is 30.2 Å². The van der Waals surface area contributed by atoms with Gasteiger partial charge in [0.15, 0.2) is 6.23 Å². The molecule has 10 nitrogen and oxygen atoms in total. The van der Waals surface area contributed by atoms with Crippen molar-refractivity contribution in [1.82, 2.24) is 10.2 Å². The lowest BCUT2D eigenvalue weighted by Crippen LogP contribution is -2.61. The van der Waals surface area contributed by atoms with E-state index in [-0.39, 0.29) is 25.2 Å². The van der Waals surface area contributed by atoms with Gasteiger partial charge in [-0.25, -0.2) is 0 Å². The molecular weight excluding hydrogens is 378 g/mol. The fraction of sp³-hybridized carbons (Fsp3) is 0.526. The Hall–Kier alpha value is -2.62. The zero-order chi connectivity index (χ0) is 20.3. The molecule has 0 aromatic heterocycles. The van der Waals surface area contributed by atoms with Crippen molar-refractivity contribution in [2.45, 2.75) is 49.8 Å². The summed E-state index contributed by atoms with van der Waals surface area (Å²) in [7, 11) is 0. The number of aliphatic hydroxyl groups is 1. The van der Waals surface area contributed by atoms with Crippen LogP contribution in [-0.2, 0) is 25.6 Å². The lowest BCUT2D eigenvalue weighted by molar-refractivity contribution is -0.257. The van der Waals surface area contributed by atoms with Gasteiger partial charge in [-0.3, -0.25) is 4.79 Å². The van der Waals surface area contributed by atoms with E-state index >= 15 is 0 Å². The first kappa shape index (κ1) is 19.7. The number of azide groups is 1. The van der Waals surface area contributed by atoms with Crippen LogP contribution in [0.1, 0.15) is 18.4 Å². The summed E-state index contributed by atoms with van der Waals surface area (Å²) in [4.78, 5) is 16.2. The third-order valence-electron chi connectivity index (χ3n) is 5.50. The number of benzene rings is 1. The minimum absolute atomic E-state index is 0.163. The summed E-state index contributed by atoms with van der Waals surface area (Å²) in [6, 6.07) is 9.71. The van der Waals surface area contributed by atoms with Gasteiger partial charge in [-0.15, -0.1) is 0 Å². The van der Waals surface area contributed by atoms with E-state index in [1.807, 2.05) is 30.3 Å². The number of nitrogens with zero attached hydrogens (tertiary/aromatic N) is 4. The monoisotopic (exact) mass is 401 g/mol. The van der Waals surface area contributed by atoms with Gasteiger partial charge < -0.3 is 29.5 Å². The summed E-state index contributed by atoms with van der Waals surface area (Å²) in [5.41, 5.74) is 8.58. The maximum Gasteiger partial charge on any atom is 0.248 e. The number of carbonyl (C=O) groups is 1. The number of nitrogens with one attached hydrogen (secondary N) is 1. The molecule has 5 atom stereocenters. The van der Waals surface area contributed by atoms with Crippen molar-refractivity contribution in [2.75, 3.05) is 13.2 Å². The second-order valence-corrected chi connectivity index (χ2v) is 7.26. The Balaban J connectivity index is 1.56. The van der Waals surface area contributed by atoms with Gasteiger partial charge in [0.05, 0.1) is 19.3 Å². The molecule has 2 saturated heterocycles. The molecule has 2 unspecified atom stereocenters. The molecule has 1 aromatic rings. The molecule has 0 bridgehead atoms. The van der Waals surface area contributed by atoms with Crippen LogP contribution in [0, 0.1) is 0 Å². The van der Waals surface area contributed by atoms with Crippen LogP contribution in [0.3, 0.4) is 0 Å². The summed E-state index contributed by atoms with van der Waals surface area (Å²) in [5, 5.41) is 16.6. The molecule has 0 radical (unpaired) electrons. The fourth-order valence-electron chi connectivity index (χ4n) is 3.99. The maximum atomic E-state index is 11.6. The molecule has 1 aromatic carbocycles. The van der Waals surface area contributed by atoms with Crippen molar-refractivity contribution in [3.63, 3.8) is 0 Å². The van der Waals surface area contributed by atoms with Crippen LogP contribution in [-0.4, -0.2) is 59.5 Å². The summed E-state index contributed by atoms with van der Waals surface area (Å²) in [6.07, 6.45) is 1.86. The number of ether oxygens (including phenoxy) is 3. The highest BCUT2D eigenvalue weighted by atomic mass is 16.6. The van der Waals surface area contributed by atoms with Crippen LogP contribution >= 0.6 is 0 Å². The highest BCUT2D eigenvalue weighted by molar-refractivity contribution is 5.88. The maximum absolute atomic E-state index is 11.6. The number of amides is 1. The number of aliphatic hydroxyl groups excluding tert-OH is 1. The number of hydrogen-bond donors (Lipinski definition) is 2. The van der Waals surface area contributed by atoms with Crippen LogP contribution < -0.4 is 5.32 Å². The standard InChI is InChI=1S/C19H23N5O5/c20-23-21-8-7-19(12-25)15(27-11-13-4-2-1-3-5-13)10-14-17(29-19)24-9-6-16(26)22-18(24)28-14/h1-6,9,14-15,17-18,25H,7-8,10-12H2,(H,22,26)/t14-,15?,17+,18?,19+/m0/s1. The van der Waals surface area contributed by atoms with E-state index in [1.54, 1.807) is 11.1 Å². The molecule has 1 amide bonds. The fourth-order valence-corrected chi connectivity index (χ4v) is 3.99. The number of fused-ring (bicyclic) bond motifs is 3. The van der Waals surface area contributed by atoms with E-state index in [4.69, 9.17) is 19.7 Å². The molecule has 2 N–H and O–H groups in total. The molecule has 0 aliphatic carbocycles. The molecule has 4 rings (SSSR count). The third kappa shape index (κ3) is 3.93. The van der Waals surface area contributed by atoms with Crippen molar-refractivity contribution in [2.24, 2.45) is 5.11 Å². The second-order valence-electron chi connectivity index (χ2n) is 7.26. The van der Waals surface area contributed by atoms with Gasteiger partial charge in [-0.05, 0) is 17.5 Å². The molecule has 2 fully saturated rings. The molecule has 29 heavy (non-hydrogen) atoms. The Morgan fingerprint density at radius 2 is 2.24 bits per heavy atom. The van der Waals surface area contributed by atoms with E-state index in [2.05, 4.69) is 15.3 Å². The van der Waals surface area contributed by atoms with Crippen molar-refractivity contribution >= 4 is 5.91 Å². The SMILES string of the molecule is [N-]=[N+]=NCC[C@]1(CO)O[C@@H]2[C@H](CC1OCc1ccccc1)OC1NC(=O)C=CN12. The van der Waals surface area contributed by atoms with Crippen LogP contribution in [0.25, 0.3) is 10.4 Å². The first-order valence-corrected chi connectivity index (χ1v) is 9.52. The molecule has 10 heteroatoms. The topological polar surface area (TPSA) is 129 Å².